The van der Waals surface area contributed by atoms with Crippen molar-refractivity contribution in [2.45, 2.75) is 40.0 Å². The molecule has 0 saturated carbocycles. The van der Waals surface area contributed by atoms with E-state index in [1.807, 2.05) is 4.90 Å². The van der Waals surface area contributed by atoms with Gasteiger partial charge in [-0.1, -0.05) is 13.8 Å². The highest BCUT2D eigenvalue weighted by Gasteiger charge is 2.29. The highest BCUT2D eigenvalue weighted by molar-refractivity contribution is 7.15. The third-order valence-corrected chi connectivity index (χ3v) is 6.16. The Hall–Kier alpha value is -1.63. The fourth-order valence-corrected chi connectivity index (χ4v) is 4.62. The smallest absolute Gasteiger partial charge is 0.223 e. The predicted molar refractivity (Wildman–Crippen MR) is 99.9 cm³/mol. The average Bonchev–Trinajstić information content (AvgIpc) is 3.02. The van der Waals surface area contributed by atoms with Crippen LogP contribution in [0.2, 0.25) is 0 Å². The summed E-state index contributed by atoms with van der Waals surface area (Å²) in [6.07, 6.45) is 2.58. The Morgan fingerprint density at radius 2 is 2.00 bits per heavy atom. The highest BCUT2D eigenvalue weighted by atomic mass is 32.1. The van der Waals surface area contributed by atoms with E-state index < -0.39 is 0 Å². The van der Waals surface area contributed by atoms with Crippen LogP contribution in [0.4, 0.5) is 5.13 Å². The average molecular weight is 365 g/mol. The number of anilines is 1. The summed E-state index contributed by atoms with van der Waals surface area (Å²) in [4.78, 5) is 34.0. The number of nitrogens with zero attached hydrogens (tertiary/aromatic N) is 3. The minimum absolute atomic E-state index is 0.0779. The van der Waals surface area contributed by atoms with E-state index in [-0.39, 0.29) is 17.7 Å². The first-order valence-electron chi connectivity index (χ1n) is 9.20. The van der Waals surface area contributed by atoms with Crippen molar-refractivity contribution >= 4 is 28.3 Å². The number of hydrogen-bond donors (Lipinski definition) is 1. The molecule has 2 aliphatic rings. The number of hydrogen-bond acceptors (Lipinski definition) is 5. The molecule has 1 aliphatic carbocycles. The molecule has 0 spiro atoms. The Bertz CT molecular complexity index is 635. The number of carbonyl (C=O) groups excluding carboxylic acids is 2. The molecule has 1 unspecified atom stereocenters. The van der Waals surface area contributed by atoms with E-state index in [4.69, 9.17) is 4.98 Å². The molecule has 1 aliphatic heterocycles. The lowest BCUT2D eigenvalue weighted by Gasteiger charge is -2.33. The van der Waals surface area contributed by atoms with Crippen LogP contribution < -0.4 is 10.2 Å². The van der Waals surface area contributed by atoms with Crippen molar-refractivity contribution < 1.29 is 9.59 Å². The van der Waals surface area contributed by atoms with Crippen molar-refractivity contribution in [2.24, 2.45) is 11.8 Å². The predicted octanol–water partition coefficient (Wildman–Crippen LogP) is 1.69. The van der Waals surface area contributed by atoms with Crippen LogP contribution in [0.25, 0.3) is 0 Å². The zero-order valence-electron chi connectivity index (χ0n) is 15.4. The molecule has 25 heavy (non-hydrogen) atoms. The molecule has 0 aromatic carbocycles. The molecule has 3 rings (SSSR count). The highest BCUT2D eigenvalue weighted by Crippen LogP contribution is 2.34. The molecule has 6 nitrogen and oxygen atoms in total. The maximum absolute atomic E-state index is 12.3. The summed E-state index contributed by atoms with van der Waals surface area (Å²) in [5, 5.41) is 4.12. The van der Waals surface area contributed by atoms with Gasteiger partial charge in [0.1, 0.15) is 0 Å². The summed E-state index contributed by atoms with van der Waals surface area (Å²) < 4.78 is 0. The van der Waals surface area contributed by atoms with Crippen molar-refractivity contribution in [3.05, 3.63) is 10.6 Å². The molecule has 1 N–H and O–H groups in total. The van der Waals surface area contributed by atoms with Gasteiger partial charge in [0.2, 0.25) is 11.8 Å². The van der Waals surface area contributed by atoms with Crippen molar-refractivity contribution in [3.63, 3.8) is 0 Å². The molecule has 2 heterocycles. The van der Waals surface area contributed by atoms with Gasteiger partial charge in [0, 0.05) is 50.4 Å². The summed E-state index contributed by atoms with van der Waals surface area (Å²) in [6, 6.07) is 0. The summed E-state index contributed by atoms with van der Waals surface area (Å²) in [5.74, 6) is 0.888. The van der Waals surface area contributed by atoms with Crippen LogP contribution in [0, 0.1) is 11.8 Å². The SMILES string of the molecule is CC(=O)N1CCN(c2nc3c(s2)CC(C(=O)NCC(C)C)CC3)CC1. The Morgan fingerprint density at radius 1 is 1.28 bits per heavy atom. The van der Waals surface area contributed by atoms with Gasteiger partial charge in [0.05, 0.1) is 5.69 Å². The fraction of sp³-hybridized carbons (Fsp3) is 0.722. The van der Waals surface area contributed by atoms with Gasteiger partial charge in [-0.3, -0.25) is 9.59 Å². The molecule has 2 amide bonds. The summed E-state index contributed by atoms with van der Waals surface area (Å²) in [7, 11) is 0. The van der Waals surface area contributed by atoms with Crippen LogP contribution in [0.3, 0.4) is 0 Å². The molecule has 0 radical (unpaired) electrons. The largest absolute Gasteiger partial charge is 0.356 e. The topological polar surface area (TPSA) is 65.5 Å². The Balaban J connectivity index is 1.60. The Morgan fingerprint density at radius 3 is 2.64 bits per heavy atom. The Labute approximate surface area is 153 Å². The van der Waals surface area contributed by atoms with Gasteiger partial charge in [0.25, 0.3) is 0 Å². The van der Waals surface area contributed by atoms with Gasteiger partial charge < -0.3 is 15.1 Å². The van der Waals surface area contributed by atoms with Gasteiger partial charge >= 0.3 is 0 Å². The van der Waals surface area contributed by atoms with Crippen LogP contribution >= 0.6 is 11.3 Å². The lowest BCUT2D eigenvalue weighted by molar-refractivity contribution is -0.129. The zero-order valence-corrected chi connectivity index (χ0v) is 16.2. The van der Waals surface area contributed by atoms with E-state index in [1.165, 1.54) is 10.6 Å². The van der Waals surface area contributed by atoms with Crippen LogP contribution in [0.15, 0.2) is 0 Å². The third-order valence-electron chi connectivity index (χ3n) is 4.98. The zero-order chi connectivity index (χ0) is 18.0. The van der Waals surface area contributed by atoms with E-state index in [0.29, 0.717) is 5.92 Å². The first-order valence-corrected chi connectivity index (χ1v) is 10.0. The number of thiazole rings is 1. The van der Waals surface area contributed by atoms with Crippen molar-refractivity contribution in [3.8, 4) is 0 Å². The molecule has 1 atom stereocenters. The Kier molecular flexibility index (Phi) is 5.61. The molecule has 1 aromatic rings. The number of carbonyl (C=O) groups is 2. The second kappa shape index (κ2) is 7.72. The van der Waals surface area contributed by atoms with Crippen LogP contribution in [0.1, 0.15) is 37.8 Å². The first-order chi connectivity index (χ1) is 11.9. The molecule has 0 bridgehead atoms. The summed E-state index contributed by atoms with van der Waals surface area (Å²) in [5.41, 5.74) is 1.17. The first kappa shape index (κ1) is 18.2. The van der Waals surface area contributed by atoms with Crippen molar-refractivity contribution in [1.82, 2.24) is 15.2 Å². The molecular formula is C18H28N4O2S. The van der Waals surface area contributed by atoms with Gasteiger partial charge in [-0.15, -0.1) is 11.3 Å². The molecule has 1 saturated heterocycles. The molecule has 1 aromatic heterocycles. The van der Waals surface area contributed by atoms with E-state index >= 15 is 0 Å². The number of aryl methyl sites for hydroxylation is 1. The number of aromatic nitrogens is 1. The van der Waals surface area contributed by atoms with Crippen LogP contribution in [-0.2, 0) is 22.4 Å². The van der Waals surface area contributed by atoms with Gasteiger partial charge in [-0.05, 0) is 25.2 Å². The molecular weight excluding hydrogens is 336 g/mol. The maximum Gasteiger partial charge on any atom is 0.223 e. The van der Waals surface area contributed by atoms with E-state index in [2.05, 4.69) is 24.1 Å². The van der Waals surface area contributed by atoms with Crippen LogP contribution in [-0.4, -0.2) is 54.4 Å². The minimum Gasteiger partial charge on any atom is -0.356 e. The van der Waals surface area contributed by atoms with Gasteiger partial charge in [0.15, 0.2) is 5.13 Å². The maximum atomic E-state index is 12.3. The van der Waals surface area contributed by atoms with Gasteiger partial charge in [-0.25, -0.2) is 4.98 Å². The summed E-state index contributed by atoms with van der Waals surface area (Å²) in [6.45, 7) is 9.80. The number of piperazine rings is 1. The van der Waals surface area contributed by atoms with Crippen LogP contribution in [0.5, 0.6) is 0 Å². The van der Waals surface area contributed by atoms with E-state index in [0.717, 1.165) is 57.1 Å². The minimum atomic E-state index is 0.0779. The number of rotatable bonds is 4. The van der Waals surface area contributed by atoms with Crippen molar-refractivity contribution in [2.75, 3.05) is 37.6 Å². The molecule has 7 heteroatoms. The summed E-state index contributed by atoms with van der Waals surface area (Å²) >= 11 is 1.73. The monoisotopic (exact) mass is 364 g/mol. The molecule has 138 valence electrons. The quantitative estimate of drug-likeness (QED) is 0.883. The second-order valence-electron chi connectivity index (χ2n) is 7.44. The lowest BCUT2D eigenvalue weighted by atomic mass is 9.90. The third kappa shape index (κ3) is 4.32. The molecule has 1 fully saturated rings. The normalized spacial score (nSPS) is 20.6. The number of amides is 2. The van der Waals surface area contributed by atoms with E-state index in [1.54, 1.807) is 18.3 Å². The van der Waals surface area contributed by atoms with Crippen molar-refractivity contribution in [1.29, 1.82) is 0 Å². The number of fused-ring (bicyclic) bond motifs is 1. The number of nitrogens with one attached hydrogen (secondary N) is 1. The fourth-order valence-electron chi connectivity index (χ4n) is 3.38. The van der Waals surface area contributed by atoms with E-state index in [9.17, 15) is 9.59 Å². The lowest BCUT2D eigenvalue weighted by Crippen LogP contribution is -2.48. The van der Waals surface area contributed by atoms with Gasteiger partial charge in [-0.2, -0.15) is 0 Å². The second-order valence-corrected chi connectivity index (χ2v) is 8.50. The standard InChI is InChI=1S/C18H28N4O2S/c1-12(2)11-19-17(24)14-4-5-15-16(10-14)25-18(20-15)22-8-6-21(7-9-22)13(3)23/h12,14H,4-11H2,1-3H3,(H,19,24).